The monoisotopic (exact) mass is 471 g/mol. The predicted octanol–water partition coefficient (Wildman–Crippen LogP) is 5.27. The number of non-ortho nitro benzene ring substituents is 1. The van der Waals surface area contributed by atoms with Gasteiger partial charge in [0, 0.05) is 68.4 Å². The fraction of sp³-hybridized carbons (Fsp3) is 0.250. The van der Waals surface area contributed by atoms with E-state index in [0.717, 1.165) is 34.0 Å². The van der Waals surface area contributed by atoms with Crippen LogP contribution in [0.15, 0.2) is 85.1 Å². The number of ether oxygens (including phenoxy) is 1. The van der Waals surface area contributed by atoms with Crippen LogP contribution in [0.5, 0.6) is 0 Å². The Kier molecular flexibility index (Phi) is 7.90. The first kappa shape index (κ1) is 24.2. The van der Waals surface area contributed by atoms with Crippen LogP contribution in [-0.4, -0.2) is 35.7 Å². The van der Waals surface area contributed by atoms with E-state index in [9.17, 15) is 14.9 Å². The lowest BCUT2D eigenvalue weighted by Crippen LogP contribution is -2.27. The van der Waals surface area contributed by atoms with Crippen LogP contribution in [0.2, 0.25) is 0 Å². The Hall–Kier alpha value is -3.97. The van der Waals surface area contributed by atoms with E-state index < -0.39 is 0 Å². The van der Waals surface area contributed by atoms with Gasteiger partial charge in [0.05, 0.1) is 4.92 Å². The van der Waals surface area contributed by atoms with E-state index in [1.165, 1.54) is 6.07 Å². The third kappa shape index (κ3) is 5.94. The number of rotatable bonds is 11. The van der Waals surface area contributed by atoms with Crippen LogP contribution in [-0.2, 0) is 16.1 Å². The Morgan fingerprint density at radius 3 is 2.46 bits per heavy atom. The lowest BCUT2D eigenvalue weighted by molar-refractivity contribution is -0.384. The highest BCUT2D eigenvalue weighted by Crippen LogP contribution is 2.36. The van der Waals surface area contributed by atoms with Crippen molar-refractivity contribution in [3.63, 3.8) is 0 Å². The number of fused-ring (bicyclic) bond motifs is 1. The number of carbonyl (C=O) groups is 1. The summed E-state index contributed by atoms with van der Waals surface area (Å²) < 4.78 is 7.17. The van der Waals surface area contributed by atoms with Crippen molar-refractivity contribution in [2.75, 3.05) is 20.3 Å². The largest absolute Gasteiger partial charge is 0.385 e. The molecule has 0 aliphatic carbocycles. The molecule has 7 heteroatoms. The molecule has 1 unspecified atom stereocenters. The Balaban J connectivity index is 1.76. The van der Waals surface area contributed by atoms with Gasteiger partial charge in [-0.15, -0.1) is 0 Å². The molecule has 1 amide bonds. The Morgan fingerprint density at radius 2 is 1.77 bits per heavy atom. The number of benzene rings is 3. The molecule has 0 spiro atoms. The number of aromatic nitrogens is 1. The van der Waals surface area contributed by atoms with E-state index in [0.29, 0.717) is 19.7 Å². The van der Waals surface area contributed by atoms with E-state index in [1.807, 2.05) is 54.7 Å². The second-order valence-electron chi connectivity index (χ2n) is 8.52. The molecule has 1 atom stereocenters. The fourth-order valence-electron chi connectivity index (χ4n) is 4.41. The number of methoxy groups -OCH3 is 1. The van der Waals surface area contributed by atoms with Crippen LogP contribution in [0, 0.1) is 10.1 Å². The molecule has 0 radical (unpaired) electrons. The number of amides is 1. The molecule has 7 nitrogen and oxygen atoms in total. The van der Waals surface area contributed by atoms with Gasteiger partial charge in [-0.2, -0.15) is 0 Å². The molecule has 1 N–H and O–H groups in total. The van der Waals surface area contributed by atoms with Gasteiger partial charge in [0.1, 0.15) is 0 Å². The second kappa shape index (κ2) is 11.4. The molecular weight excluding hydrogens is 442 g/mol. The molecule has 4 rings (SSSR count). The summed E-state index contributed by atoms with van der Waals surface area (Å²) in [6, 6.07) is 24.9. The van der Waals surface area contributed by atoms with Gasteiger partial charge >= 0.3 is 0 Å². The third-order valence-corrected chi connectivity index (χ3v) is 6.12. The predicted molar refractivity (Wildman–Crippen MR) is 137 cm³/mol. The smallest absolute Gasteiger partial charge is 0.270 e. The molecule has 0 fully saturated rings. The van der Waals surface area contributed by atoms with E-state index in [2.05, 4.69) is 22.0 Å². The van der Waals surface area contributed by atoms with Crippen LogP contribution in [0.1, 0.15) is 35.4 Å². The minimum atomic E-state index is -0.377. The Labute approximate surface area is 204 Å². The normalized spacial score (nSPS) is 11.9. The molecule has 0 saturated heterocycles. The summed E-state index contributed by atoms with van der Waals surface area (Å²) in [4.78, 5) is 24.1. The van der Waals surface area contributed by atoms with Crippen molar-refractivity contribution in [3.8, 4) is 0 Å². The number of nitrogens with zero attached hydrogens (tertiary/aromatic N) is 2. The van der Waals surface area contributed by atoms with E-state index in [1.54, 1.807) is 19.2 Å². The fourth-order valence-corrected chi connectivity index (χ4v) is 4.41. The quantitative estimate of drug-likeness (QED) is 0.183. The molecule has 180 valence electrons. The SMILES string of the molecule is COCCCNC(=O)CC(c1ccccc1)c1cn(Cc2ccccc2)c2ccc([N+](=O)[O-])cc12. The zero-order valence-electron chi connectivity index (χ0n) is 19.7. The number of hydrogen-bond acceptors (Lipinski definition) is 4. The first-order valence-electron chi connectivity index (χ1n) is 11.7. The minimum Gasteiger partial charge on any atom is -0.385 e. The second-order valence-corrected chi connectivity index (χ2v) is 8.52. The topological polar surface area (TPSA) is 86.4 Å². The average molecular weight is 472 g/mol. The number of nitrogens with one attached hydrogen (secondary N) is 1. The summed E-state index contributed by atoms with van der Waals surface area (Å²) in [5, 5.41) is 15.3. The average Bonchev–Trinajstić information content (AvgIpc) is 3.23. The highest BCUT2D eigenvalue weighted by molar-refractivity contribution is 5.88. The van der Waals surface area contributed by atoms with Crippen LogP contribution < -0.4 is 5.32 Å². The zero-order valence-corrected chi connectivity index (χ0v) is 19.7. The molecule has 1 heterocycles. The van der Waals surface area contributed by atoms with Crippen molar-refractivity contribution < 1.29 is 14.5 Å². The standard InChI is InChI=1S/C28H29N3O4/c1-35-16-8-15-29-28(32)18-24(22-11-6-3-7-12-22)26-20-30(19-21-9-4-2-5-10-21)27-14-13-23(31(33)34)17-25(26)27/h2-7,9-14,17,20,24H,8,15-16,18-19H2,1H3,(H,29,32). The molecule has 0 aliphatic heterocycles. The third-order valence-electron chi connectivity index (χ3n) is 6.12. The van der Waals surface area contributed by atoms with Gasteiger partial charge in [0.25, 0.3) is 5.69 Å². The lowest BCUT2D eigenvalue weighted by Gasteiger charge is -2.17. The summed E-state index contributed by atoms with van der Waals surface area (Å²) in [5.74, 6) is -0.315. The molecule has 0 saturated carbocycles. The molecule has 0 aliphatic rings. The van der Waals surface area contributed by atoms with E-state index >= 15 is 0 Å². The maximum atomic E-state index is 12.9. The van der Waals surface area contributed by atoms with Crippen molar-refractivity contribution in [1.82, 2.24) is 9.88 Å². The highest BCUT2D eigenvalue weighted by Gasteiger charge is 2.24. The Bertz CT molecular complexity index is 1290. The number of nitro benzene ring substituents is 1. The summed E-state index contributed by atoms with van der Waals surface area (Å²) in [5.41, 5.74) is 3.95. The van der Waals surface area contributed by atoms with Crippen LogP contribution in [0.3, 0.4) is 0 Å². The van der Waals surface area contributed by atoms with Gasteiger partial charge in [-0.05, 0) is 29.2 Å². The van der Waals surface area contributed by atoms with Crippen molar-refractivity contribution in [1.29, 1.82) is 0 Å². The van der Waals surface area contributed by atoms with Gasteiger partial charge < -0.3 is 14.6 Å². The van der Waals surface area contributed by atoms with E-state index in [4.69, 9.17) is 4.74 Å². The number of nitro groups is 1. The maximum absolute atomic E-state index is 12.9. The van der Waals surface area contributed by atoms with Crippen LogP contribution in [0.25, 0.3) is 10.9 Å². The molecule has 4 aromatic rings. The summed E-state index contributed by atoms with van der Waals surface area (Å²) in [7, 11) is 1.64. The molecular formula is C28H29N3O4. The van der Waals surface area contributed by atoms with Gasteiger partial charge in [-0.25, -0.2) is 0 Å². The molecule has 3 aromatic carbocycles. The minimum absolute atomic E-state index is 0.0343. The van der Waals surface area contributed by atoms with Crippen LogP contribution >= 0.6 is 0 Å². The first-order valence-corrected chi connectivity index (χ1v) is 11.7. The van der Waals surface area contributed by atoms with Gasteiger partial charge in [-0.3, -0.25) is 14.9 Å². The molecule has 35 heavy (non-hydrogen) atoms. The number of carbonyl (C=O) groups excluding carboxylic acids is 1. The summed E-state index contributed by atoms with van der Waals surface area (Å²) >= 11 is 0. The summed E-state index contributed by atoms with van der Waals surface area (Å²) in [6.07, 6.45) is 3.02. The van der Waals surface area contributed by atoms with Crippen LogP contribution in [0.4, 0.5) is 5.69 Å². The lowest BCUT2D eigenvalue weighted by atomic mass is 9.88. The highest BCUT2D eigenvalue weighted by atomic mass is 16.6. The summed E-state index contributed by atoms with van der Waals surface area (Å²) in [6.45, 7) is 1.74. The first-order chi connectivity index (χ1) is 17.1. The molecule has 0 bridgehead atoms. The van der Waals surface area contributed by atoms with Crippen molar-refractivity contribution >= 4 is 22.5 Å². The number of hydrogen-bond donors (Lipinski definition) is 1. The van der Waals surface area contributed by atoms with Gasteiger partial charge in [-0.1, -0.05) is 60.7 Å². The molecule has 1 aromatic heterocycles. The van der Waals surface area contributed by atoms with Crippen molar-refractivity contribution in [2.24, 2.45) is 0 Å². The maximum Gasteiger partial charge on any atom is 0.270 e. The van der Waals surface area contributed by atoms with Crippen molar-refractivity contribution in [3.05, 3.63) is 112 Å². The van der Waals surface area contributed by atoms with E-state index in [-0.39, 0.29) is 28.9 Å². The zero-order chi connectivity index (χ0) is 24.6. The van der Waals surface area contributed by atoms with Gasteiger partial charge in [0.2, 0.25) is 5.91 Å². The Morgan fingerprint density at radius 1 is 1.06 bits per heavy atom. The van der Waals surface area contributed by atoms with Gasteiger partial charge in [0.15, 0.2) is 0 Å². The van der Waals surface area contributed by atoms with Crippen molar-refractivity contribution in [2.45, 2.75) is 25.3 Å².